The summed E-state index contributed by atoms with van der Waals surface area (Å²) in [5.41, 5.74) is 1.11. The van der Waals surface area contributed by atoms with Gasteiger partial charge in [-0.2, -0.15) is 13.2 Å². The van der Waals surface area contributed by atoms with Gasteiger partial charge >= 0.3 is 12.2 Å². The smallest absolute Gasteiger partial charge is 0.389 e. The molecule has 2 amide bonds. The number of halogens is 3. The molecule has 7 heteroatoms. The van der Waals surface area contributed by atoms with Crippen LogP contribution < -0.4 is 5.32 Å². The highest BCUT2D eigenvalue weighted by atomic mass is 19.4. The van der Waals surface area contributed by atoms with Crippen LogP contribution in [0.4, 0.5) is 23.7 Å². The number of benzene rings is 1. The maximum Gasteiger partial charge on any atom is 0.389 e. The van der Waals surface area contributed by atoms with Gasteiger partial charge in [-0.05, 0) is 37.0 Å². The number of nitrogens with zero attached hydrogens (tertiary/aromatic N) is 1. The summed E-state index contributed by atoms with van der Waals surface area (Å²) < 4.78 is 36.6. The number of carbonyl (C=O) groups is 1. The fraction of sp³-hybridized carbons (Fsp3) is 0.588. The number of hydrogen-bond acceptors (Lipinski definition) is 2. The van der Waals surface area contributed by atoms with E-state index in [0.29, 0.717) is 17.8 Å². The Labute approximate surface area is 139 Å². The van der Waals surface area contributed by atoms with E-state index in [1.54, 1.807) is 31.3 Å². The Morgan fingerprint density at radius 2 is 1.96 bits per heavy atom. The molecule has 24 heavy (non-hydrogen) atoms. The Balaban J connectivity index is 1.82. The standard InChI is InChI=1S/C17H23F3N2O2/c1-22(11-13-3-2-4-15(13)23)16(24)21-14-7-5-12(6-8-14)9-10-17(18,19)20/h5-8,13,15,23H,2-4,9-11H2,1H3,(H,21,24). The first kappa shape index (κ1) is 18.6. The summed E-state index contributed by atoms with van der Waals surface area (Å²) in [7, 11) is 1.66. The number of carbonyl (C=O) groups excluding carboxylic acids is 1. The lowest BCUT2D eigenvalue weighted by atomic mass is 10.1. The third-order valence-electron chi connectivity index (χ3n) is 4.38. The number of anilines is 1. The molecule has 1 aromatic rings. The molecule has 2 atom stereocenters. The second-order valence-electron chi connectivity index (χ2n) is 6.38. The van der Waals surface area contributed by atoms with E-state index in [9.17, 15) is 23.1 Å². The Bertz CT molecular complexity index is 546. The van der Waals surface area contributed by atoms with Crippen LogP contribution in [0.25, 0.3) is 0 Å². The number of aliphatic hydroxyl groups is 1. The summed E-state index contributed by atoms with van der Waals surface area (Å²) in [5.74, 6) is 0.102. The zero-order valence-electron chi connectivity index (χ0n) is 13.6. The van der Waals surface area contributed by atoms with Crippen molar-refractivity contribution in [2.75, 3.05) is 18.9 Å². The summed E-state index contributed by atoms with van der Waals surface area (Å²) in [6.07, 6.45) is -2.79. The molecule has 0 aromatic heterocycles. The fourth-order valence-electron chi connectivity index (χ4n) is 2.92. The van der Waals surface area contributed by atoms with Crippen molar-refractivity contribution in [2.45, 2.75) is 44.4 Å². The van der Waals surface area contributed by atoms with Crippen LogP contribution >= 0.6 is 0 Å². The predicted molar refractivity (Wildman–Crippen MR) is 85.8 cm³/mol. The van der Waals surface area contributed by atoms with Gasteiger partial charge in [0.05, 0.1) is 6.10 Å². The molecule has 1 aromatic carbocycles. The van der Waals surface area contributed by atoms with Crippen LogP contribution in [0.5, 0.6) is 0 Å². The van der Waals surface area contributed by atoms with Crippen molar-refractivity contribution in [2.24, 2.45) is 5.92 Å². The molecule has 0 aliphatic heterocycles. The average Bonchev–Trinajstić information content (AvgIpc) is 2.91. The first-order valence-corrected chi connectivity index (χ1v) is 8.10. The van der Waals surface area contributed by atoms with Gasteiger partial charge in [0, 0.05) is 31.6 Å². The van der Waals surface area contributed by atoms with Crippen molar-refractivity contribution in [3.05, 3.63) is 29.8 Å². The van der Waals surface area contributed by atoms with Gasteiger partial charge in [0.15, 0.2) is 0 Å². The Kier molecular flexibility index (Phi) is 6.10. The number of alkyl halides is 3. The predicted octanol–water partition coefficient (Wildman–Crippen LogP) is 3.81. The average molecular weight is 344 g/mol. The molecule has 0 spiro atoms. The second-order valence-corrected chi connectivity index (χ2v) is 6.38. The van der Waals surface area contributed by atoms with E-state index in [1.165, 1.54) is 4.90 Å². The molecule has 0 bridgehead atoms. The van der Waals surface area contributed by atoms with E-state index in [4.69, 9.17) is 0 Å². The highest BCUT2D eigenvalue weighted by Crippen LogP contribution is 2.26. The van der Waals surface area contributed by atoms with Crippen LogP contribution in [0.15, 0.2) is 24.3 Å². The summed E-state index contributed by atoms with van der Waals surface area (Å²) in [6, 6.07) is 6.07. The van der Waals surface area contributed by atoms with Crippen molar-refractivity contribution in [1.82, 2.24) is 4.90 Å². The third-order valence-corrected chi connectivity index (χ3v) is 4.38. The Hall–Kier alpha value is -1.76. The minimum Gasteiger partial charge on any atom is -0.393 e. The van der Waals surface area contributed by atoms with Crippen LogP contribution in [0.2, 0.25) is 0 Å². The highest BCUT2D eigenvalue weighted by molar-refractivity contribution is 5.89. The number of nitrogens with one attached hydrogen (secondary N) is 1. The Morgan fingerprint density at radius 3 is 2.50 bits per heavy atom. The molecule has 0 saturated heterocycles. The maximum atomic E-state index is 12.2. The van der Waals surface area contributed by atoms with E-state index >= 15 is 0 Å². The van der Waals surface area contributed by atoms with Crippen LogP contribution in [-0.4, -0.2) is 41.9 Å². The minimum absolute atomic E-state index is 0.0722. The van der Waals surface area contributed by atoms with E-state index in [1.807, 2.05) is 0 Å². The van der Waals surface area contributed by atoms with Gasteiger partial charge in [0.2, 0.25) is 0 Å². The van der Waals surface area contributed by atoms with Crippen molar-refractivity contribution in [3.8, 4) is 0 Å². The first-order chi connectivity index (χ1) is 11.2. The van der Waals surface area contributed by atoms with Crippen molar-refractivity contribution in [1.29, 1.82) is 0 Å². The van der Waals surface area contributed by atoms with Gasteiger partial charge < -0.3 is 15.3 Å². The molecular formula is C17H23F3N2O2. The van der Waals surface area contributed by atoms with Gasteiger partial charge in [-0.25, -0.2) is 4.79 Å². The van der Waals surface area contributed by atoms with Gasteiger partial charge in [0.25, 0.3) is 0 Å². The largest absolute Gasteiger partial charge is 0.393 e. The van der Waals surface area contributed by atoms with Crippen molar-refractivity contribution < 1.29 is 23.1 Å². The number of amides is 2. The quantitative estimate of drug-likeness (QED) is 0.853. The molecular weight excluding hydrogens is 321 g/mol. The van der Waals surface area contributed by atoms with Crippen LogP contribution in [0.1, 0.15) is 31.2 Å². The third kappa shape index (κ3) is 5.70. The number of aliphatic hydroxyl groups excluding tert-OH is 1. The summed E-state index contributed by atoms with van der Waals surface area (Å²) in [5, 5.41) is 12.5. The van der Waals surface area contributed by atoms with Gasteiger partial charge in [0.1, 0.15) is 0 Å². The minimum atomic E-state index is -4.17. The lowest BCUT2D eigenvalue weighted by Gasteiger charge is -2.23. The molecule has 1 aliphatic rings. The van der Waals surface area contributed by atoms with Crippen molar-refractivity contribution >= 4 is 11.7 Å². The number of urea groups is 1. The summed E-state index contributed by atoms with van der Waals surface area (Å²) in [6.45, 7) is 0.483. The molecule has 0 radical (unpaired) electrons. The highest BCUT2D eigenvalue weighted by Gasteiger charge is 2.28. The molecule has 0 heterocycles. The number of aryl methyl sites for hydroxylation is 1. The molecule has 2 N–H and O–H groups in total. The molecule has 2 unspecified atom stereocenters. The molecule has 1 aliphatic carbocycles. The van der Waals surface area contributed by atoms with Gasteiger partial charge in [-0.3, -0.25) is 0 Å². The van der Waals surface area contributed by atoms with Gasteiger partial charge in [-0.15, -0.1) is 0 Å². The summed E-state index contributed by atoms with van der Waals surface area (Å²) >= 11 is 0. The number of hydrogen-bond donors (Lipinski definition) is 2. The molecule has 134 valence electrons. The normalized spacial score (nSPS) is 20.9. The van der Waals surface area contributed by atoms with E-state index in [2.05, 4.69) is 5.32 Å². The maximum absolute atomic E-state index is 12.2. The fourth-order valence-corrected chi connectivity index (χ4v) is 2.92. The Morgan fingerprint density at radius 1 is 1.29 bits per heavy atom. The number of rotatable bonds is 5. The van der Waals surface area contributed by atoms with E-state index in [-0.39, 0.29) is 24.5 Å². The van der Waals surface area contributed by atoms with E-state index < -0.39 is 12.6 Å². The van der Waals surface area contributed by atoms with Crippen molar-refractivity contribution in [3.63, 3.8) is 0 Å². The zero-order valence-corrected chi connectivity index (χ0v) is 13.6. The molecule has 2 rings (SSSR count). The van der Waals surface area contributed by atoms with Crippen LogP contribution in [-0.2, 0) is 6.42 Å². The monoisotopic (exact) mass is 344 g/mol. The van der Waals surface area contributed by atoms with Crippen LogP contribution in [0.3, 0.4) is 0 Å². The van der Waals surface area contributed by atoms with E-state index in [0.717, 1.165) is 19.3 Å². The summed E-state index contributed by atoms with van der Waals surface area (Å²) in [4.78, 5) is 13.7. The van der Waals surface area contributed by atoms with Crippen LogP contribution in [0, 0.1) is 5.92 Å². The van der Waals surface area contributed by atoms with Gasteiger partial charge in [-0.1, -0.05) is 18.6 Å². The first-order valence-electron chi connectivity index (χ1n) is 8.10. The molecule has 1 saturated carbocycles. The lowest BCUT2D eigenvalue weighted by Crippen LogP contribution is -2.37. The lowest BCUT2D eigenvalue weighted by molar-refractivity contribution is -0.133. The molecule has 1 fully saturated rings. The zero-order chi connectivity index (χ0) is 17.7. The second kappa shape index (κ2) is 7.88. The topological polar surface area (TPSA) is 52.6 Å². The SMILES string of the molecule is CN(CC1CCCC1O)C(=O)Nc1ccc(CCC(F)(F)F)cc1. The molecule has 4 nitrogen and oxygen atoms in total.